The SMILES string of the molecule is COC(=O)CCCC(C)CC(C)CC(C)C(=O)OC. The van der Waals surface area contributed by atoms with E-state index in [4.69, 9.17) is 4.74 Å². The lowest BCUT2D eigenvalue weighted by molar-refractivity contribution is -0.145. The van der Waals surface area contributed by atoms with Crippen LogP contribution >= 0.6 is 0 Å². The van der Waals surface area contributed by atoms with Crippen LogP contribution in [-0.4, -0.2) is 26.2 Å². The van der Waals surface area contributed by atoms with Gasteiger partial charge >= 0.3 is 11.9 Å². The van der Waals surface area contributed by atoms with Crippen LogP contribution in [0.4, 0.5) is 0 Å². The molecule has 0 fully saturated rings. The van der Waals surface area contributed by atoms with Crippen molar-refractivity contribution in [1.29, 1.82) is 0 Å². The Kier molecular flexibility index (Phi) is 9.27. The minimum absolute atomic E-state index is 0.0396. The van der Waals surface area contributed by atoms with Crippen molar-refractivity contribution in [2.75, 3.05) is 14.2 Å². The van der Waals surface area contributed by atoms with Crippen LogP contribution in [0.5, 0.6) is 0 Å². The van der Waals surface area contributed by atoms with Crippen molar-refractivity contribution in [2.45, 2.75) is 52.9 Å². The van der Waals surface area contributed by atoms with Gasteiger partial charge in [-0.2, -0.15) is 0 Å². The lowest BCUT2D eigenvalue weighted by Gasteiger charge is -2.19. The molecule has 4 heteroatoms. The van der Waals surface area contributed by atoms with Gasteiger partial charge in [0.1, 0.15) is 0 Å². The van der Waals surface area contributed by atoms with E-state index in [0.29, 0.717) is 18.3 Å². The Bertz CT molecular complexity index is 275. The van der Waals surface area contributed by atoms with Crippen molar-refractivity contribution >= 4 is 11.9 Å². The third-order valence-electron chi connectivity index (χ3n) is 3.47. The molecule has 0 aromatic heterocycles. The van der Waals surface area contributed by atoms with Crippen LogP contribution in [0.2, 0.25) is 0 Å². The highest BCUT2D eigenvalue weighted by Gasteiger charge is 2.18. The molecule has 0 heterocycles. The van der Waals surface area contributed by atoms with Gasteiger partial charge in [0.05, 0.1) is 20.1 Å². The molecule has 0 aliphatic rings. The van der Waals surface area contributed by atoms with E-state index in [1.165, 1.54) is 14.2 Å². The summed E-state index contributed by atoms with van der Waals surface area (Å²) in [6.45, 7) is 6.26. The van der Waals surface area contributed by atoms with Crippen molar-refractivity contribution in [1.82, 2.24) is 0 Å². The van der Waals surface area contributed by atoms with Gasteiger partial charge in [-0.1, -0.05) is 27.2 Å². The van der Waals surface area contributed by atoms with Crippen molar-refractivity contribution in [3.05, 3.63) is 0 Å². The Morgan fingerprint density at radius 1 is 0.947 bits per heavy atom. The summed E-state index contributed by atoms with van der Waals surface area (Å²) in [4.78, 5) is 22.3. The molecule has 3 atom stereocenters. The molecule has 0 aliphatic heterocycles. The largest absolute Gasteiger partial charge is 0.469 e. The van der Waals surface area contributed by atoms with E-state index >= 15 is 0 Å². The second-order valence-electron chi connectivity index (χ2n) is 5.57. The second kappa shape index (κ2) is 9.82. The number of ether oxygens (including phenoxy) is 2. The average molecular weight is 272 g/mol. The molecule has 4 nitrogen and oxygen atoms in total. The molecule has 0 amide bonds. The minimum Gasteiger partial charge on any atom is -0.469 e. The number of methoxy groups -OCH3 is 2. The number of esters is 2. The Hall–Kier alpha value is -1.06. The van der Waals surface area contributed by atoms with Gasteiger partial charge in [0.25, 0.3) is 0 Å². The van der Waals surface area contributed by atoms with Crippen molar-refractivity contribution in [2.24, 2.45) is 17.8 Å². The van der Waals surface area contributed by atoms with Crippen LogP contribution < -0.4 is 0 Å². The molecule has 0 saturated carbocycles. The van der Waals surface area contributed by atoms with E-state index in [0.717, 1.165) is 25.7 Å². The molecule has 0 saturated heterocycles. The number of hydrogen-bond donors (Lipinski definition) is 0. The van der Waals surface area contributed by atoms with Gasteiger partial charge in [0.15, 0.2) is 0 Å². The highest BCUT2D eigenvalue weighted by Crippen LogP contribution is 2.23. The molecule has 0 aromatic carbocycles. The summed E-state index contributed by atoms with van der Waals surface area (Å²) in [5, 5.41) is 0. The first-order chi connectivity index (χ1) is 8.90. The Morgan fingerprint density at radius 3 is 2.11 bits per heavy atom. The Balaban J connectivity index is 3.83. The van der Waals surface area contributed by atoms with Crippen LogP contribution in [0.15, 0.2) is 0 Å². The zero-order valence-corrected chi connectivity index (χ0v) is 12.9. The maximum atomic E-state index is 11.3. The van der Waals surface area contributed by atoms with Crippen LogP contribution in [0.1, 0.15) is 52.9 Å². The van der Waals surface area contributed by atoms with Crippen LogP contribution in [0.3, 0.4) is 0 Å². The summed E-state index contributed by atoms with van der Waals surface area (Å²) in [7, 11) is 2.85. The van der Waals surface area contributed by atoms with Gasteiger partial charge in [-0.3, -0.25) is 9.59 Å². The zero-order valence-electron chi connectivity index (χ0n) is 12.9. The molecule has 3 unspecified atom stereocenters. The van der Waals surface area contributed by atoms with Crippen LogP contribution in [0, 0.1) is 17.8 Å². The molecule has 0 radical (unpaired) electrons. The quantitative estimate of drug-likeness (QED) is 0.605. The van der Waals surface area contributed by atoms with Crippen LogP contribution in [0.25, 0.3) is 0 Å². The van der Waals surface area contributed by atoms with E-state index in [2.05, 4.69) is 18.6 Å². The average Bonchev–Trinajstić information content (AvgIpc) is 2.36. The number of hydrogen-bond acceptors (Lipinski definition) is 4. The van der Waals surface area contributed by atoms with Gasteiger partial charge in [-0.25, -0.2) is 0 Å². The molecule has 0 aliphatic carbocycles. The van der Waals surface area contributed by atoms with Gasteiger partial charge in [-0.15, -0.1) is 0 Å². The molecule has 112 valence electrons. The summed E-state index contributed by atoms with van der Waals surface area (Å²) >= 11 is 0. The smallest absolute Gasteiger partial charge is 0.308 e. The molecule has 0 N–H and O–H groups in total. The molecule has 0 spiro atoms. The number of rotatable bonds is 9. The van der Waals surface area contributed by atoms with E-state index < -0.39 is 0 Å². The lowest BCUT2D eigenvalue weighted by Crippen LogP contribution is -2.17. The molecular weight excluding hydrogens is 244 g/mol. The summed E-state index contributed by atoms with van der Waals surface area (Å²) < 4.78 is 9.35. The monoisotopic (exact) mass is 272 g/mol. The molecule has 0 rings (SSSR count). The van der Waals surface area contributed by atoms with Gasteiger partial charge in [0.2, 0.25) is 0 Å². The molecule has 19 heavy (non-hydrogen) atoms. The van der Waals surface area contributed by atoms with E-state index in [-0.39, 0.29) is 17.9 Å². The van der Waals surface area contributed by atoms with Crippen molar-refractivity contribution in [3.63, 3.8) is 0 Å². The van der Waals surface area contributed by atoms with Gasteiger partial charge in [0, 0.05) is 6.42 Å². The fourth-order valence-corrected chi connectivity index (χ4v) is 2.50. The van der Waals surface area contributed by atoms with E-state index in [9.17, 15) is 9.59 Å². The third kappa shape index (κ3) is 8.62. The fraction of sp³-hybridized carbons (Fsp3) is 0.867. The second-order valence-corrected chi connectivity index (χ2v) is 5.57. The fourth-order valence-electron chi connectivity index (χ4n) is 2.50. The van der Waals surface area contributed by atoms with Crippen LogP contribution in [-0.2, 0) is 19.1 Å². The van der Waals surface area contributed by atoms with E-state index in [1.54, 1.807) is 0 Å². The van der Waals surface area contributed by atoms with E-state index in [1.807, 2.05) is 6.92 Å². The topological polar surface area (TPSA) is 52.6 Å². The number of carbonyl (C=O) groups excluding carboxylic acids is 2. The third-order valence-corrected chi connectivity index (χ3v) is 3.47. The first-order valence-electron chi connectivity index (χ1n) is 7.05. The summed E-state index contributed by atoms with van der Waals surface area (Å²) in [5.41, 5.74) is 0. The number of carbonyl (C=O) groups is 2. The summed E-state index contributed by atoms with van der Waals surface area (Å²) in [5.74, 6) is 0.735. The normalized spacial score (nSPS) is 15.4. The van der Waals surface area contributed by atoms with Gasteiger partial charge in [-0.05, 0) is 31.1 Å². The van der Waals surface area contributed by atoms with Crippen molar-refractivity contribution in [3.8, 4) is 0 Å². The highest BCUT2D eigenvalue weighted by atomic mass is 16.5. The highest BCUT2D eigenvalue weighted by molar-refractivity contribution is 5.71. The predicted octanol–water partition coefficient (Wildman–Crippen LogP) is 3.19. The molecule has 0 bridgehead atoms. The zero-order chi connectivity index (χ0) is 14.8. The Morgan fingerprint density at radius 2 is 1.58 bits per heavy atom. The molecular formula is C15H28O4. The maximum Gasteiger partial charge on any atom is 0.308 e. The Labute approximate surface area is 116 Å². The first kappa shape index (κ1) is 17.9. The minimum atomic E-state index is -0.139. The maximum absolute atomic E-state index is 11.3. The predicted molar refractivity (Wildman–Crippen MR) is 74.6 cm³/mol. The van der Waals surface area contributed by atoms with Crippen molar-refractivity contribution < 1.29 is 19.1 Å². The summed E-state index contributed by atoms with van der Waals surface area (Å²) in [6, 6.07) is 0. The van der Waals surface area contributed by atoms with Gasteiger partial charge < -0.3 is 9.47 Å². The first-order valence-corrected chi connectivity index (χ1v) is 7.05. The lowest BCUT2D eigenvalue weighted by atomic mass is 9.87. The standard InChI is InChI=1S/C15H28O4/c1-11(7-6-8-14(16)18-4)9-12(2)10-13(3)15(17)19-5/h11-13H,6-10H2,1-5H3. The molecule has 0 aromatic rings. The summed E-state index contributed by atoms with van der Waals surface area (Å²) in [6.07, 6.45) is 4.31.